The molecule has 2 aromatic rings. The lowest BCUT2D eigenvalue weighted by Gasteiger charge is -2.39. The van der Waals surface area contributed by atoms with E-state index in [2.05, 4.69) is 26.6 Å². The molecule has 1 fully saturated rings. The van der Waals surface area contributed by atoms with Crippen LogP contribution in [0.25, 0.3) is 0 Å². The van der Waals surface area contributed by atoms with Gasteiger partial charge >= 0.3 is 0 Å². The van der Waals surface area contributed by atoms with E-state index in [1.54, 1.807) is 56.3 Å². The molecule has 1 heterocycles. The number of carbonyl (C=O) groups is 9. The second kappa shape index (κ2) is 26.7. The van der Waals surface area contributed by atoms with Gasteiger partial charge in [-0.2, -0.15) is 0 Å². The molecular formula is C52H79N9O10. The quantitative estimate of drug-likeness (QED) is 0.200. The first-order valence-electron chi connectivity index (χ1n) is 24.5. The van der Waals surface area contributed by atoms with Crippen molar-refractivity contribution in [1.82, 2.24) is 46.2 Å². The summed E-state index contributed by atoms with van der Waals surface area (Å²) in [5.74, 6) is -7.16. The van der Waals surface area contributed by atoms with Crippen molar-refractivity contribution in [3.63, 3.8) is 0 Å². The van der Waals surface area contributed by atoms with Gasteiger partial charge in [-0.05, 0) is 69.4 Å². The molecule has 6 N–H and O–H groups in total. The van der Waals surface area contributed by atoms with E-state index < -0.39 is 120 Å². The van der Waals surface area contributed by atoms with E-state index in [4.69, 9.17) is 0 Å². The smallest absolute Gasteiger partial charge is 0.248 e. The standard InChI is InChI=1S/C52H79N9O10/c1-29(2)25-39-47(66)53-32(7)44(63)56-42(31(5)6)48(67)54-33(8)45(64)57-43(35(10)62)52(71)58(11)34(9)46(65)55-38(27-36-21-17-15-18-22-36)49(68)60(13)40(26-30(3)4)50(69)61(14)41(51(70)59(39)12)28-37-23-19-16-20-24-37/h15-24,29-35,38-43,62H,25-28H2,1-14H3,(H,53,66)(H,54,67)(H,55,65)(H,56,63)(H,57,64)/t32-,33-,34-,35+,38?,39-,40-,41-,42?,43-/m0/s1. The van der Waals surface area contributed by atoms with Crippen LogP contribution in [0.2, 0.25) is 0 Å². The van der Waals surface area contributed by atoms with E-state index in [-0.39, 0.29) is 37.5 Å². The van der Waals surface area contributed by atoms with Crippen molar-refractivity contribution in [2.45, 2.75) is 155 Å². The third kappa shape index (κ3) is 16.3. The second-order valence-corrected chi connectivity index (χ2v) is 20.1. The van der Waals surface area contributed by atoms with E-state index >= 15 is 9.59 Å². The van der Waals surface area contributed by atoms with Gasteiger partial charge in [0.05, 0.1) is 6.10 Å². The number of amides is 9. The first-order valence-corrected chi connectivity index (χ1v) is 24.5. The molecule has 0 aliphatic carbocycles. The lowest BCUT2D eigenvalue weighted by Crippen LogP contribution is -2.61. The van der Waals surface area contributed by atoms with Crippen LogP contribution in [0.15, 0.2) is 60.7 Å². The molecule has 3 rings (SSSR count). The van der Waals surface area contributed by atoms with Crippen molar-refractivity contribution in [3.05, 3.63) is 71.8 Å². The third-order valence-corrected chi connectivity index (χ3v) is 13.0. The molecule has 0 radical (unpaired) electrons. The molecule has 2 aromatic carbocycles. The highest BCUT2D eigenvalue weighted by Crippen LogP contribution is 2.22. The number of likely N-dealkylation sites (N-methyl/N-ethyl adjacent to an activating group) is 4. The Morgan fingerprint density at radius 1 is 0.451 bits per heavy atom. The van der Waals surface area contributed by atoms with Gasteiger partial charge < -0.3 is 51.3 Å². The van der Waals surface area contributed by atoms with Crippen LogP contribution in [0.1, 0.15) is 93.2 Å². The van der Waals surface area contributed by atoms with Crippen LogP contribution in [0.4, 0.5) is 0 Å². The van der Waals surface area contributed by atoms with Gasteiger partial charge in [-0.15, -0.1) is 0 Å². The Morgan fingerprint density at radius 3 is 1.35 bits per heavy atom. The number of aliphatic hydroxyl groups is 1. The van der Waals surface area contributed by atoms with Crippen molar-refractivity contribution in [1.29, 1.82) is 0 Å². The SMILES string of the molecule is CC(C)C[C@H]1C(=O)N(C)[C@@H](Cc2ccccc2)C(=O)N(C)[C@@H](CC(C)C)C(=O)N[C@@H](C)C(=O)NC(C(C)C)C(=O)N[C@@H](C)C(=O)N[C@@H]([C@@H](C)O)C(=O)N(C)[C@@H](C)C(=O)NC(Cc2ccccc2)C(=O)N1C. The van der Waals surface area contributed by atoms with Crippen LogP contribution in [0, 0.1) is 17.8 Å². The Labute approximate surface area is 419 Å². The molecule has 1 saturated heterocycles. The summed E-state index contributed by atoms with van der Waals surface area (Å²) in [6.45, 7) is 16.3. The number of aliphatic hydroxyl groups excluding tert-OH is 1. The molecular weight excluding hydrogens is 911 g/mol. The Hall–Kier alpha value is -6.37. The Bertz CT molecular complexity index is 2170. The fourth-order valence-corrected chi connectivity index (χ4v) is 8.31. The predicted octanol–water partition coefficient (Wildman–Crippen LogP) is 1.41. The van der Waals surface area contributed by atoms with Gasteiger partial charge in [0.15, 0.2) is 0 Å². The van der Waals surface area contributed by atoms with E-state index in [0.29, 0.717) is 5.56 Å². The number of rotatable bonds is 10. The predicted molar refractivity (Wildman–Crippen MR) is 269 cm³/mol. The number of hydrogen-bond donors (Lipinski definition) is 6. The average Bonchev–Trinajstić information content (AvgIpc) is 3.32. The molecule has 0 bridgehead atoms. The van der Waals surface area contributed by atoms with E-state index in [1.165, 1.54) is 70.6 Å². The van der Waals surface area contributed by atoms with Gasteiger partial charge in [0.25, 0.3) is 0 Å². The first-order chi connectivity index (χ1) is 33.2. The fourth-order valence-electron chi connectivity index (χ4n) is 8.31. The van der Waals surface area contributed by atoms with Crippen LogP contribution in [0.3, 0.4) is 0 Å². The first kappa shape index (κ1) is 58.9. The van der Waals surface area contributed by atoms with Crippen LogP contribution in [-0.4, -0.2) is 167 Å². The summed E-state index contributed by atoms with van der Waals surface area (Å²) in [5.41, 5.74) is 1.40. The lowest BCUT2D eigenvalue weighted by atomic mass is 9.96. The molecule has 392 valence electrons. The van der Waals surface area contributed by atoms with Crippen molar-refractivity contribution in [2.75, 3.05) is 28.2 Å². The minimum absolute atomic E-state index is 0.00879. The maximum Gasteiger partial charge on any atom is 0.248 e. The number of nitrogens with zero attached hydrogens (tertiary/aromatic N) is 4. The Kier molecular flexibility index (Phi) is 22.2. The van der Waals surface area contributed by atoms with Gasteiger partial charge in [0.1, 0.15) is 54.4 Å². The maximum absolute atomic E-state index is 15.1. The molecule has 9 amide bonds. The summed E-state index contributed by atoms with van der Waals surface area (Å²) in [4.78, 5) is 133. The Balaban J connectivity index is 2.25. The van der Waals surface area contributed by atoms with Gasteiger partial charge in [-0.1, -0.05) is 102 Å². The van der Waals surface area contributed by atoms with Crippen LogP contribution >= 0.6 is 0 Å². The average molecular weight is 990 g/mol. The molecule has 2 unspecified atom stereocenters. The molecule has 71 heavy (non-hydrogen) atoms. The van der Waals surface area contributed by atoms with Crippen LogP contribution in [0.5, 0.6) is 0 Å². The van der Waals surface area contributed by atoms with E-state index in [1.807, 2.05) is 45.9 Å². The number of hydrogen-bond acceptors (Lipinski definition) is 10. The topological polar surface area (TPSA) is 247 Å². The van der Waals surface area contributed by atoms with Gasteiger partial charge in [-0.25, -0.2) is 0 Å². The minimum atomic E-state index is -1.58. The van der Waals surface area contributed by atoms with Crippen molar-refractivity contribution < 1.29 is 48.3 Å². The lowest BCUT2D eigenvalue weighted by molar-refractivity contribution is -0.153. The molecule has 19 nitrogen and oxygen atoms in total. The largest absolute Gasteiger partial charge is 0.391 e. The summed E-state index contributed by atoms with van der Waals surface area (Å²) >= 11 is 0. The fraction of sp³-hybridized carbons (Fsp3) is 0.596. The number of nitrogens with one attached hydrogen (secondary N) is 5. The summed E-state index contributed by atoms with van der Waals surface area (Å²) in [7, 11) is 5.72. The maximum atomic E-state index is 15.1. The highest BCUT2D eigenvalue weighted by Gasteiger charge is 2.42. The zero-order valence-electron chi connectivity index (χ0n) is 44.0. The minimum Gasteiger partial charge on any atom is -0.391 e. The van der Waals surface area contributed by atoms with Gasteiger partial charge in [-0.3, -0.25) is 43.2 Å². The van der Waals surface area contributed by atoms with Crippen LogP contribution < -0.4 is 26.6 Å². The highest BCUT2D eigenvalue weighted by molar-refractivity contribution is 5.99. The van der Waals surface area contributed by atoms with E-state index in [0.717, 1.165) is 10.5 Å². The summed E-state index contributed by atoms with van der Waals surface area (Å²) in [5, 5.41) is 24.0. The monoisotopic (exact) mass is 990 g/mol. The molecule has 0 aromatic heterocycles. The number of benzene rings is 2. The van der Waals surface area contributed by atoms with Crippen molar-refractivity contribution in [3.8, 4) is 0 Å². The Morgan fingerprint density at radius 2 is 0.873 bits per heavy atom. The third-order valence-electron chi connectivity index (χ3n) is 13.0. The normalized spacial score (nSPS) is 26.5. The summed E-state index contributed by atoms with van der Waals surface area (Å²) < 4.78 is 0. The number of carbonyl (C=O) groups excluding carboxylic acids is 9. The molecule has 0 spiro atoms. The summed E-state index contributed by atoms with van der Waals surface area (Å²) in [6.07, 6.45) is -1.11. The van der Waals surface area contributed by atoms with Crippen molar-refractivity contribution >= 4 is 53.2 Å². The molecule has 10 atom stereocenters. The highest BCUT2D eigenvalue weighted by atomic mass is 16.3. The van der Waals surface area contributed by atoms with Gasteiger partial charge in [0.2, 0.25) is 53.2 Å². The van der Waals surface area contributed by atoms with Gasteiger partial charge in [0, 0.05) is 41.0 Å². The summed E-state index contributed by atoms with van der Waals surface area (Å²) in [6, 6.07) is 6.69. The molecule has 19 heteroatoms. The molecule has 0 saturated carbocycles. The second-order valence-electron chi connectivity index (χ2n) is 20.1. The zero-order chi connectivity index (χ0) is 53.6. The van der Waals surface area contributed by atoms with Crippen molar-refractivity contribution in [2.24, 2.45) is 17.8 Å². The molecule has 1 aliphatic heterocycles. The van der Waals surface area contributed by atoms with Crippen LogP contribution in [-0.2, 0) is 56.0 Å². The van der Waals surface area contributed by atoms with E-state index in [9.17, 15) is 38.7 Å². The molecule has 1 aliphatic rings. The zero-order valence-corrected chi connectivity index (χ0v) is 44.0.